The monoisotopic (exact) mass is 337 g/mol. The lowest BCUT2D eigenvalue weighted by Crippen LogP contribution is -2.36. The molecule has 0 spiro atoms. The van der Waals surface area contributed by atoms with E-state index in [1.165, 1.54) is 0 Å². The van der Waals surface area contributed by atoms with Crippen molar-refractivity contribution < 1.29 is 5.11 Å². The lowest BCUT2D eigenvalue weighted by molar-refractivity contribution is 0.198. The Balaban J connectivity index is 1.47. The molecule has 130 valence electrons. The third-order valence-corrected chi connectivity index (χ3v) is 4.99. The van der Waals surface area contributed by atoms with Crippen molar-refractivity contribution in [2.75, 3.05) is 41.9 Å². The molecule has 1 fully saturated rings. The minimum Gasteiger partial charge on any atom is -0.391 e. The zero-order valence-corrected chi connectivity index (χ0v) is 14.6. The Morgan fingerprint density at radius 1 is 0.960 bits per heavy atom. The molecule has 0 amide bonds. The second-order valence-electron chi connectivity index (χ2n) is 6.68. The van der Waals surface area contributed by atoms with E-state index in [0.717, 1.165) is 35.7 Å². The fourth-order valence-corrected chi connectivity index (χ4v) is 3.55. The number of fused-ring (bicyclic) bond motifs is 1. The zero-order chi connectivity index (χ0) is 17.4. The minimum atomic E-state index is -0.213. The van der Waals surface area contributed by atoms with E-state index in [1.54, 1.807) is 0 Å². The van der Waals surface area contributed by atoms with E-state index in [9.17, 15) is 5.11 Å². The third kappa shape index (κ3) is 2.93. The van der Waals surface area contributed by atoms with E-state index in [4.69, 9.17) is 0 Å². The summed E-state index contributed by atoms with van der Waals surface area (Å²) in [6.45, 7) is 1.61. The van der Waals surface area contributed by atoms with E-state index < -0.39 is 0 Å². The van der Waals surface area contributed by atoms with Crippen LogP contribution in [0.5, 0.6) is 0 Å². The Hall–Kier alpha value is -2.60. The van der Waals surface area contributed by atoms with Crippen LogP contribution in [-0.4, -0.2) is 44.7 Å². The highest BCUT2D eigenvalue weighted by Crippen LogP contribution is 2.38. The summed E-state index contributed by atoms with van der Waals surface area (Å²) in [5, 5.41) is 18.6. The van der Waals surface area contributed by atoms with Gasteiger partial charge in [-0.05, 0) is 42.8 Å². The highest BCUT2D eigenvalue weighted by atomic mass is 16.3. The maximum absolute atomic E-state index is 9.66. The van der Waals surface area contributed by atoms with Crippen molar-refractivity contribution in [2.24, 2.45) is 10.2 Å². The van der Waals surface area contributed by atoms with Gasteiger partial charge in [0.1, 0.15) is 0 Å². The molecular formula is C19H23N5O. The van der Waals surface area contributed by atoms with Gasteiger partial charge >= 0.3 is 0 Å². The summed E-state index contributed by atoms with van der Waals surface area (Å²) in [5.74, 6) is 0. The Bertz CT molecular complexity index is 747. The van der Waals surface area contributed by atoms with Gasteiger partial charge in [-0.3, -0.25) is 0 Å². The first-order valence-electron chi connectivity index (χ1n) is 8.62. The summed E-state index contributed by atoms with van der Waals surface area (Å²) >= 11 is 0. The molecule has 25 heavy (non-hydrogen) atoms. The number of hydrogen-bond acceptors (Lipinski definition) is 6. The van der Waals surface area contributed by atoms with E-state index in [-0.39, 0.29) is 12.4 Å². The number of hydrogen-bond donors (Lipinski definition) is 1. The second kappa shape index (κ2) is 6.37. The Kier molecular flexibility index (Phi) is 4.05. The van der Waals surface area contributed by atoms with E-state index in [1.807, 2.05) is 50.5 Å². The van der Waals surface area contributed by atoms with Crippen LogP contribution in [0.3, 0.4) is 0 Å². The molecule has 0 bridgehead atoms. The van der Waals surface area contributed by atoms with Crippen LogP contribution >= 0.6 is 0 Å². The number of aliphatic hydroxyl groups is 1. The molecule has 6 nitrogen and oxygen atoms in total. The molecule has 0 aromatic heterocycles. The maximum Gasteiger partial charge on any atom is 0.218 e. The molecule has 4 rings (SSSR count). The molecule has 1 unspecified atom stereocenters. The van der Waals surface area contributed by atoms with E-state index in [2.05, 4.69) is 37.1 Å². The van der Waals surface area contributed by atoms with Gasteiger partial charge in [0.05, 0.1) is 23.2 Å². The Morgan fingerprint density at radius 3 is 2.16 bits per heavy atom. The molecule has 2 aliphatic rings. The summed E-state index contributed by atoms with van der Waals surface area (Å²) in [6.07, 6.45) is 0.489. The largest absolute Gasteiger partial charge is 0.391 e. The number of azo groups is 1. The van der Waals surface area contributed by atoms with Crippen molar-refractivity contribution in [3.63, 3.8) is 0 Å². The van der Waals surface area contributed by atoms with Crippen molar-refractivity contribution in [3.8, 4) is 0 Å². The third-order valence-electron chi connectivity index (χ3n) is 4.99. The number of anilines is 3. The van der Waals surface area contributed by atoms with Crippen LogP contribution in [0.25, 0.3) is 0 Å². The molecular weight excluding hydrogens is 314 g/mol. The molecule has 2 heterocycles. The van der Waals surface area contributed by atoms with Crippen molar-refractivity contribution in [3.05, 3.63) is 48.5 Å². The maximum atomic E-state index is 9.66. The Labute approximate surface area is 148 Å². The fraction of sp³-hybridized carbons (Fsp3) is 0.368. The molecule has 1 N–H and O–H groups in total. The van der Waals surface area contributed by atoms with Gasteiger partial charge in [0.15, 0.2) is 0 Å². The smallest absolute Gasteiger partial charge is 0.218 e. The molecule has 2 aromatic rings. The highest BCUT2D eigenvalue weighted by Gasteiger charge is 2.30. The van der Waals surface area contributed by atoms with Gasteiger partial charge in [-0.15, -0.1) is 5.11 Å². The van der Waals surface area contributed by atoms with Crippen LogP contribution in [0.2, 0.25) is 0 Å². The van der Waals surface area contributed by atoms with Gasteiger partial charge in [0, 0.05) is 32.9 Å². The number of rotatable bonds is 3. The number of aliphatic hydroxyl groups excluding tert-OH is 1. The number of para-hydroxylation sites is 2. The van der Waals surface area contributed by atoms with Gasteiger partial charge < -0.3 is 19.8 Å². The average Bonchev–Trinajstić information content (AvgIpc) is 3.17. The van der Waals surface area contributed by atoms with Crippen LogP contribution in [-0.2, 0) is 0 Å². The van der Waals surface area contributed by atoms with Crippen LogP contribution in [0.4, 0.5) is 22.7 Å². The quantitative estimate of drug-likeness (QED) is 0.874. The second-order valence-corrected chi connectivity index (χ2v) is 6.68. The van der Waals surface area contributed by atoms with Gasteiger partial charge in [0.25, 0.3) is 0 Å². The van der Waals surface area contributed by atoms with Crippen LogP contribution in [0.1, 0.15) is 6.42 Å². The number of nitrogens with zero attached hydrogens (tertiary/aromatic N) is 5. The summed E-state index contributed by atoms with van der Waals surface area (Å²) < 4.78 is 0. The first-order chi connectivity index (χ1) is 12.1. The Morgan fingerprint density at radius 2 is 1.60 bits per heavy atom. The SMILES string of the molecule is CN1c2ccccc2N(C)C1N=Nc1ccc(N2CCC(O)C2)cc1. The van der Waals surface area contributed by atoms with Gasteiger partial charge in [-0.2, -0.15) is 5.11 Å². The summed E-state index contributed by atoms with van der Waals surface area (Å²) in [5.41, 5.74) is 4.29. The van der Waals surface area contributed by atoms with Crippen molar-refractivity contribution in [2.45, 2.75) is 18.8 Å². The molecule has 2 aromatic carbocycles. The first kappa shape index (κ1) is 15.9. The lowest BCUT2D eigenvalue weighted by Gasteiger charge is -2.22. The van der Waals surface area contributed by atoms with Gasteiger partial charge in [-0.25, -0.2) is 0 Å². The molecule has 0 saturated carbocycles. The normalized spacial score (nSPS) is 20.8. The van der Waals surface area contributed by atoms with Gasteiger partial charge in [0.2, 0.25) is 6.29 Å². The van der Waals surface area contributed by atoms with Crippen molar-refractivity contribution >= 4 is 22.7 Å². The minimum absolute atomic E-state index is 0.134. The predicted octanol–water partition coefficient (Wildman–Crippen LogP) is 3.21. The summed E-state index contributed by atoms with van der Waals surface area (Å²) in [6, 6.07) is 16.3. The standard InChI is InChI=1S/C19H23N5O/c1-22-17-5-3-4-6-18(17)23(2)19(22)21-20-14-7-9-15(10-8-14)24-12-11-16(25)13-24/h3-10,16,19,25H,11-13H2,1-2H3. The van der Waals surface area contributed by atoms with Gasteiger partial charge in [-0.1, -0.05) is 12.1 Å². The number of β-amino-alcohol motifs (C(OH)–C–C–N with tert-alkyl or cyclic N) is 1. The van der Waals surface area contributed by atoms with Crippen molar-refractivity contribution in [1.29, 1.82) is 0 Å². The summed E-state index contributed by atoms with van der Waals surface area (Å²) in [4.78, 5) is 6.44. The van der Waals surface area contributed by atoms with Crippen molar-refractivity contribution in [1.82, 2.24) is 0 Å². The topological polar surface area (TPSA) is 54.7 Å². The molecule has 2 aliphatic heterocycles. The predicted molar refractivity (Wildman–Crippen MR) is 101 cm³/mol. The molecule has 6 heteroatoms. The molecule has 0 radical (unpaired) electrons. The average molecular weight is 337 g/mol. The van der Waals surface area contributed by atoms with Crippen LogP contribution in [0.15, 0.2) is 58.8 Å². The van der Waals surface area contributed by atoms with Crippen LogP contribution < -0.4 is 14.7 Å². The lowest BCUT2D eigenvalue weighted by atomic mass is 10.2. The molecule has 1 atom stereocenters. The number of benzene rings is 2. The zero-order valence-electron chi connectivity index (χ0n) is 14.6. The molecule has 1 saturated heterocycles. The summed E-state index contributed by atoms with van der Waals surface area (Å²) in [7, 11) is 4.07. The first-order valence-corrected chi connectivity index (χ1v) is 8.62. The van der Waals surface area contributed by atoms with Crippen LogP contribution in [0, 0.1) is 0 Å². The highest BCUT2D eigenvalue weighted by molar-refractivity contribution is 5.76. The fourth-order valence-electron chi connectivity index (χ4n) is 3.55. The van der Waals surface area contributed by atoms with E-state index in [0.29, 0.717) is 6.54 Å². The molecule has 0 aliphatic carbocycles. The van der Waals surface area contributed by atoms with E-state index >= 15 is 0 Å².